The van der Waals surface area contributed by atoms with Crippen molar-refractivity contribution in [1.82, 2.24) is 19.4 Å². The highest BCUT2D eigenvalue weighted by atomic mass is 16.2. The van der Waals surface area contributed by atoms with Crippen LogP contribution in [0, 0.1) is 0 Å². The van der Waals surface area contributed by atoms with Gasteiger partial charge in [0, 0.05) is 32.5 Å². The molecule has 0 bridgehead atoms. The molecule has 2 aliphatic rings. The topological polar surface area (TPSA) is 41.4 Å². The molecule has 0 aromatic carbocycles. The van der Waals surface area contributed by atoms with Crippen LogP contribution in [-0.2, 0) is 13.6 Å². The number of rotatable bonds is 4. The Morgan fingerprint density at radius 2 is 2.04 bits per heavy atom. The van der Waals surface area contributed by atoms with Crippen LogP contribution in [0.15, 0.2) is 36.7 Å². The van der Waals surface area contributed by atoms with Crippen molar-refractivity contribution in [2.75, 3.05) is 19.6 Å². The molecule has 4 rings (SSSR count). The summed E-state index contributed by atoms with van der Waals surface area (Å²) in [6, 6.07) is 8.29. The van der Waals surface area contributed by atoms with Crippen molar-refractivity contribution in [3.63, 3.8) is 0 Å². The third-order valence-electron chi connectivity index (χ3n) is 5.49. The summed E-state index contributed by atoms with van der Waals surface area (Å²) in [7, 11) is 1.93. The zero-order valence-electron chi connectivity index (χ0n) is 14.9. The van der Waals surface area contributed by atoms with Crippen molar-refractivity contribution in [2.45, 2.75) is 38.3 Å². The molecule has 0 saturated carbocycles. The van der Waals surface area contributed by atoms with E-state index in [2.05, 4.69) is 22.0 Å². The first kappa shape index (κ1) is 16.3. The second-order valence-electron chi connectivity index (χ2n) is 7.22. The highest BCUT2D eigenvalue weighted by Gasteiger charge is 2.31. The summed E-state index contributed by atoms with van der Waals surface area (Å²) < 4.78 is 1.91. The van der Waals surface area contributed by atoms with Gasteiger partial charge in [-0.25, -0.2) is 0 Å². The standard InChI is InChI=1S/C20H26N4O/c1-22-10-4-7-19(22)20(25)24-13-5-6-18(24)16-8-9-21-17(14-16)15-23-11-2-3-12-23/h4,7-10,14,18H,2-3,5-6,11-13,15H2,1H3. The minimum Gasteiger partial charge on any atom is -0.347 e. The fourth-order valence-electron chi connectivity index (χ4n) is 4.15. The van der Waals surface area contributed by atoms with Gasteiger partial charge in [-0.15, -0.1) is 0 Å². The molecule has 132 valence electrons. The number of aryl methyl sites for hydroxylation is 1. The highest BCUT2D eigenvalue weighted by Crippen LogP contribution is 2.33. The van der Waals surface area contributed by atoms with Crippen LogP contribution in [0.1, 0.15) is 53.5 Å². The van der Waals surface area contributed by atoms with E-state index in [1.807, 2.05) is 41.0 Å². The van der Waals surface area contributed by atoms with E-state index >= 15 is 0 Å². The first-order chi connectivity index (χ1) is 12.2. The SMILES string of the molecule is Cn1cccc1C(=O)N1CCCC1c1ccnc(CN2CCCC2)c1. The maximum atomic E-state index is 13.0. The zero-order chi connectivity index (χ0) is 17.2. The number of hydrogen-bond donors (Lipinski definition) is 0. The fraction of sp³-hybridized carbons (Fsp3) is 0.500. The molecular formula is C20H26N4O. The van der Waals surface area contributed by atoms with Crippen molar-refractivity contribution < 1.29 is 4.79 Å². The van der Waals surface area contributed by atoms with Gasteiger partial charge >= 0.3 is 0 Å². The monoisotopic (exact) mass is 338 g/mol. The van der Waals surface area contributed by atoms with E-state index in [0.717, 1.165) is 37.3 Å². The number of amides is 1. The van der Waals surface area contributed by atoms with Gasteiger partial charge in [-0.1, -0.05) is 0 Å². The van der Waals surface area contributed by atoms with E-state index in [9.17, 15) is 4.79 Å². The first-order valence-electron chi connectivity index (χ1n) is 9.32. The maximum absolute atomic E-state index is 13.0. The quantitative estimate of drug-likeness (QED) is 0.860. The molecule has 1 amide bonds. The normalized spacial score (nSPS) is 21.2. The molecule has 2 aromatic rings. The summed E-state index contributed by atoms with van der Waals surface area (Å²) in [4.78, 5) is 22.0. The van der Waals surface area contributed by atoms with E-state index in [1.165, 1.54) is 31.5 Å². The lowest BCUT2D eigenvalue weighted by atomic mass is 10.0. The summed E-state index contributed by atoms with van der Waals surface area (Å²) in [5.74, 6) is 0.132. The lowest BCUT2D eigenvalue weighted by molar-refractivity contribution is 0.0726. The van der Waals surface area contributed by atoms with Crippen LogP contribution in [0.5, 0.6) is 0 Å². The molecule has 1 unspecified atom stereocenters. The number of hydrogen-bond acceptors (Lipinski definition) is 3. The molecule has 0 N–H and O–H groups in total. The minimum absolute atomic E-state index is 0.132. The van der Waals surface area contributed by atoms with E-state index in [4.69, 9.17) is 0 Å². The Morgan fingerprint density at radius 3 is 2.80 bits per heavy atom. The molecule has 0 aliphatic carbocycles. The van der Waals surface area contributed by atoms with Crippen molar-refractivity contribution in [1.29, 1.82) is 0 Å². The van der Waals surface area contributed by atoms with Crippen molar-refractivity contribution >= 4 is 5.91 Å². The second-order valence-corrected chi connectivity index (χ2v) is 7.22. The van der Waals surface area contributed by atoms with Gasteiger partial charge in [0.1, 0.15) is 5.69 Å². The smallest absolute Gasteiger partial charge is 0.270 e. The summed E-state index contributed by atoms with van der Waals surface area (Å²) in [5.41, 5.74) is 3.11. The molecule has 25 heavy (non-hydrogen) atoms. The van der Waals surface area contributed by atoms with Gasteiger partial charge in [-0.3, -0.25) is 14.7 Å². The first-order valence-corrected chi connectivity index (χ1v) is 9.32. The summed E-state index contributed by atoms with van der Waals surface area (Å²) in [6.07, 6.45) is 8.51. The molecule has 0 spiro atoms. The van der Waals surface area contributed by atoms with Gasteiger partial charge in [0.2, 0.25) is 0 Å². The summed E-state index contributed by atoms with van der Waals surface area (Å²) in [6.45, 7) is 4.10. The van der Waals surface area contributed by atoms with Gasteiger partial charge < -0.3 is 9.47 Å². The molecule has 2 saturated heterocycles. The molecule has 1 atom stereocenters. The number of pyridine rings is 1. The van der Waals surface area contributed by atoms with E-state index < -0.39 is 0 Å². The molecule has 5 nitrogen and oxygen atoms in total. The van der Waals surface area contributed by atoms with Crippen molar-refractivity contribution in [3.8, 4) is 0 Å². The van der Waals surface area contributed by atoms with E-state index in [0.29, 0.717) is 0 Å². The summed E-state index contributed by atoms with van der Waals surface area (Å²) >= 11 is 0. The summed E-state index contributed by atoms with van der Waals surface area (Å²) in [5, 5.41) is 0. The lowest BCUT2D eigenvalue weighted by Crippen LogP contribution is -2.32. The average molecular weight is 338 g/mol. The third-order valence-corrected chi connectivity index (χ3v) is 5.49. The largest absolute Gasteiger partial charge is 0.347 e. The predicted octanol–water partition coefficient (Wildman–Crippen LogP) is 2.99. The van der Waals surface area contributed by atoms with Crippen LogP contribution < -0.4 is 0 Å². The highest BCUT2D eigenvalue weighted by molar-refractivity contribution is 5.93. The zero-order valence-corrected chi connectivity index (χ0v) is 14.9. The Kier molecular flexibility index (Phi) is 4.57. The van der Waals surface area contributed by atoms with Crippen LogP contribution in [0.3, 0.4) is 0 Å². The van der Waals surface area contributed by atoms with Gasteiger partial charge in [-0.05, 0) is 68.6 Å². The lowest BCUT2D eigenvalue weighted by Gasteiger charge is -2.26. The molecule has 0 radical (unpaired) electrons. The molecule has 2 aliphatic heterocycles. The second kappa shape index (κ2) is 7.00. The van der Waals surface area contributed by atoms with Gasteiger partial charge in [0.15, 0.2) is 0 Å². The minimum atomic E-state index is 0.132. The van der Waals surface area contributed by atoms with Crippen LogP contribution in [0.2, 0.25) is 0 Å². The van der Waals surface area contributed by atoms with Crippen LogP contribution in [0.4, 0.5) is 0 Å². The van der Waals surface area contributed by atoms with E-state index in [1.54, 1.807) is 0 Å². The van der Waals surface area contributed by atoms with Crippen molar-refractivity contribution in [2.24, 2.45) is 7.05 Å². The van der Waals surface area contributed by atoms with Crippen LogP contribution in [0.25, 0.3) is 0 Å². The number of aromatic nitrogens is 2. The Labute approximate surface area is 149 Å². The molecule has 2 fully saturated rings. The van der Waals surface area contributed by atoms with Gasteiger partial charge in [-0.2, -0.15) is 0 Å². The molecular weight excluding hydrogens is 312 g/mol. The number of nitrogens with zero attached hydrogens (tertiary/aromatic N) is 4. The Morgan fingerprint density at radius 1 is 1.20 bits per heavy atom. The van der Waals surface area contributed by atoms with E-state index in [-0.39, 0.29) is 11.9 Å². The number of carbonyl (C=O) groups excluding carboxylic acids is 1. The molecule has 2 aromatic heterocycles. The molecule has 4 heterocycles. The molecule has 5 heteroatoms. The Bertz CT molecular complexity index is 748. The third kappa shape index (κ3) is 3.33. The Balaban J connectivity index is 1.53. The van der Waals surface area contributed by atoms with Gasteiger partial charge in [0.05, 0.1) is 11.7 Å². The maximum Gasteiger partial charge on any atom is 0.270 e. The predicted molar refractivity (Wildman–Crippen MR) is 97.2 cm³/mol. The van der Waals surface area contributed by atoms with Gasteiger partial charge in [0.25, 0.3) is 5.91 Å². The number of likely N-dealkylation sites (tertiary alicyclic amines) is 2. The Hall–Kier alpha value is -2.14. The van der Waals surface area contributed by atoms with Crippen LogP contribution >= 0.6 is 0 Å². The number of carbonyl (C=O) groups is 1. The average Bonchev–Trinajstić information content (AvgIpc) is 3.36. The van der Waals surface area contributed by atoms with Crippen molar-refractivity contribution in [3.05, 3.63) is 53.6 Å². The fourth-order valence-corrected chi connectivity index (χ4v) is 4.15. The van der Waals surface area contributed by atoms with Crippen LogP contribution in [-0.4, -0.2) is 44.9 Å².